The van der Waals surface area contributed by atoms with Gasteiger partial charge in [-0.05, 0) is 40.2 Å². The monoisotopic (exact) mass is 322 g/mol. The first-order valence-electron chi connectivity index (χ1n) is 7.33. The first-order chi connectivity index (χ1) is 10.4. The molecule has 2 heterocycles. The third kappa shape index (κ3) is 3.52. The summed E-state index contributed by atoms with van der Waals surface area (Å²) in [7, 11) is 0. The van der Waals surface area contributed by atoms with Crippen LogP contribution in [0.2, 0.25) is 0 Å². The number of amidine groups is 1. The lowest BCUT2D eigenvalue weighted by molar-refractivity contribution is 0.0525. The quantitative estimate of drug-likeness (QED) is 0.835. The van der Waals surface area contributed by atoms with Gasteiger partial charge in [-0.1, -0.05) is 11.8 Å². The summed E-state index contributed by atoms with van der Waals surface area (Å²) in [6.07, 6.45) is 0. The van der Waals surface area contributed by atoms with Gasteiger partial charge in [0.1, 0.15) is 0 Å². The molecule has 0 aromatic carbocycles. The highest BCUT2D eigenvalue weighted by Gasteiger charge is 2.23. The van der Waals surface area contributed by atoms with Gasteiger partial charge in [0.25, 0.3) is 0 Å². The molecule has 0 bridgehead atoms. The fourth-order valence-electron chi connectivity index (χ4n) is 2.29. The van der Waals surface area contributed by atoms with Crippen molar-refractivity contribution in [1.82, 2.24) is 10.4 Å². The number of carbonyl (C=O) groups excluding carboxylic acids is 1. The Hall–Kier alpha value is -1.76. The summed E-state index contributed by atoms with van der Waals surface area (Å²) in [5.74, 6) is 0.417. The van der Waals surface area contributed by atoms with E-state index in [4.69, 9.17) is 4.74 Å². The van der Waals surface area contributed by atoms with Crippen molar-refractivity contribution >= 4 is 28.6 Å². The second-order valence-corrected chi connectivity index (χ2v) is 6.30. The molecule has 0 atom stereocenters. The van der Waals surface area contributed by atoms with E-state index in [2.05, 4.69) is 20.5 Å². The van der Waals surface area contributed by atoms with Crippen LogP contribution in [0, 0.1) is 13.8 Å². The van der Waals surface area contributed by atoms with Crippen molar-refractivity contribution in [2.45, 2.75) is 40.7 Å². The summed E-state index contributed by atoms with van der Waals surface area (Å²) < 4.78 is 5.11. The SMILES string of the molecule is CCOC(=O)c1c(C)[nH]c(C2=NNC(=NC(C)C)SC2)c1C. The molecule has 0 spiro atoms. The Kier molecular flexibility index (Phi) is 5.28. The lowest BCUT2D eigenvalue weighted by Gasteiger charge is -2.15. The molecule has 0 amide bonds. The number of aliphatic imine (C=N–C) groups is 1. The summed E-state index contributed by atoms with van der Waals surface area (Å²) in [6, 6.07) is 0.233. The van der Waals surface area contributed by atoms with E-state index in [1.165, 1.54) is 0 Å². The molecule has 1 aliphatic rings. The number of aromatic nitrogens is 1. The molecule has 1 aliphatic heterocycles. The number of ether oxygens (including phenoxy) is 1. The van der Waals surface area contributed by atoms with Gasteiger partial charge in [0.15, 0.2) is 5.17 Å². The van der Waals surface area contributed by atoms with Gasteiger partial charge >= 0.3 is 5.97 Å². The van der Waals surface area contributed by atoms with Gasteiger partial charge in [0.2, 0.25) is 0 Å². The number of rotatable bonds is 4. The van der Waals surface area contributed by atoms with Crippen LogP contribution in [0.15, 0.2) is 10.1 Å². The van der Waals surface area contributed by atoms with E-state index in [-0.39, 0.29) is 12.0 Å². The zero-order valence-electron chi connectivity index (χ0n) is 13.6. The molecule has 0 saturated carbocycles. The first-order valence-corrected chi connectivity index (χ1v) is 8.32. The number of hydrazone groups is 1. The van der Waals surface area contributed by atoms with Crippen molar-refractivity contribution < 1.29 is 9.53 Å². The summed E-state index contributed by atoms with van der Waals surface area (Å²) in [5.41, 5.74) is 7.02. The molecule has 0 aliphatic carbocycles. The van der Waals surface area contributed by atoms with E-state index in [0.29, 0.717) is 17.9 Å². The first kappa shape index (κ1) is 16.6. The van der Waals surface area contributed by atoms with Gasteiger partial charge in [-0.3, -0.25) is 10.4 Å². The number of H-pyrrole nitrogens is 1. The number of aryl methyl sites for hydroxylation is 1. The number of hydrogen-bond donors (Lipinski definition) is 2. The summed E-state index contributed by atoms with van der Waals surface area (Å²) in [4.78, 5) is 19.7. The maximum atomic E-state index is 12.0. The van der Waals surface area contributed by atoms with E-state index in [1.807, 2.05) is 27.7 Å². The van der Waals surface area contributed by atoms with Crippen molar-refractivity contribution in [2.24, 2.45) is 10.1 Å². The average Bonchev–Trinajstić information content (AvgIpc) is 2.74. The van der Waals surface area contributed by atoms with Crippen LogP contribution >= 0.6 is 11.8 Å². The summed E-state index contributed by atoms with van der Waals surface area (Å²) in [5, 5.41) is 5.21. The lowest BCUT2D eigenvalue weighted by atomic mass is 10.1. The molecule has 2 N–H and O–H groups in total. The predicted molar refractivity (Wildman–Crippen MR) is 90.9 cm³/mol. The molecule has 0 unspecified atom stereocenters. The Morgan fingerprint density at radius 3 is 2.73 bits per heavy atom. The lowest BCUT2D eigenvalue weighted by Crippen LogP contribution is -2.26. The Morgan fingerprint density at radius 1 is 1.45 bits per heavy atom. The Labute approximate surface area is 134 Å². The zero-order valence-corrected chi connectivity index (χ0v) is 14.4. The standard InChI is InChI=1S/C15H22N4O2S/c1-6-21-14(20)12-9(4)13(17-10(12)5)11-7-22-15(19-18-11)16-8(2)3/h8,17H,6-7H2,1-5H3,(H,16,19). The highest BCUT2D eigenvalue weighted by molar-refractivity contribution is 8.14. The van der Waals surface area contributed by atoms with E-state index >= 15 is 0 Å². The number of carbonyl (C=O) groups is 1. The molecular weight excluding hydrogens is 300 g/mol. The second-order valence-electron chi connectivity index (χ2n) is 5.33. The molecule has 0 saturated heterocycles. The Balaban J connectivity index is 2.26. The summed E-state index contributed by atoms with van der Waals surface area (Å²) >= 11 is 1.61. The molecule has 6 nitrogen and oxygen atoms in total. The van der Waals surface area contributed by atoms with Gasteiger partial charge in [-0.25, -0.2) is 4.79 Å². The smallest absolute Gasteiger partial charge is 0.340 e. The van der Waals surface area contributed by atoms with E-state index in [9.17, 15) is 4.79 Å². The van der Waals surface area contributed by atoms with Crippen LogP contribution in [0.4, 0.5) is 0 Å². The molecule has 0 radical (unpaired) electrons. The highest BCUT2D eigenvalue weighted by Crippen LogP contribution is 2.22. The number of nitrogens with one attached hydrogen (secondary N) is 2. The van der Waals surface area contributed by atoms with E-state index < -0.39 is 0 Å². The normalized spacial score (nSPS) is 16.6. The van der Waals surface area contributed by atoms with Crippen molar-refractivity contribution in [3.63, 3.8) is 0 Å². The third-order valence-electron chi connectivity index (χ3n) is 3.21. The number of hydrogen-bond acceptors (Lipinski definition) is 5. The molecule has 2 rings (SSSR count). The van der Waals surface area contributed by atoms with Gasteiger partial charge in [-0.15, -0.1) is 0 Å². The molecule has 1 aromatic heterocycles. The average molecular weight is 322 g/mol. The van der Waals surface area contributed by atoms with Crippen LogP contribution in [-0.2, 0) is 4.74 Å². The van der Waals surface area contributed by atoms with Crippen molar-refractivity contribution in [3.05, 3.63) is 22.5 Å². The maximum Gasteiger partial charge on any atom is 0.340 e. The van der Waals surface area contributed by atoms with Crippen LogP contribution in [0.25, 0.3) is 0 Å². The zero-order chi connectivity index (χ0) is 16.3. The van der Waals surface area contributed by atoms with Crippen molar-refractivity contribution in [2.75, 3.05) is 12.4 Å². The topological polar surface area (TPSA) is 78.8 Å². The predicted octanol–water partition coefficient (Wildman–Crippen LogP) is 2.61. The van der Waals surface area contributed by atoms with Gasteiger partial charge in [-0.2, -0.15) is 5.10 Å². The molecule has 120 valence electrons. The number of esters is 1. The van der Waals surface area contributed by atoms with Gasteiger partial charge in [0, 0.05) is 17.5 Å². The fraction of sp³-hybridized carbons (Fsp3) is 0.533. The number of thioether (sulfide) groups is 1. The third-order valence-corrected chi connectivity index (χ3v) is 4.10. The molecular formula is C15H22N4O2S. The van der Waals surface area contributed by atoms with Crippen LogP contribution in [0.1, 0.15) is 48.1 Å². The molecule has 7 heteroatoms. The van der Waals surface area contributed by atoms with Crippen LogP contribution in [0.5, 0.6) is 0 Å². The Morgan fingerprint density at radius 2 is 2.18 bits per heavy atom. The van der Waals surface area contributed by atoms with Crippen LogP contribution in [-0.4, -0.2) is 40.2 Å². The highest BCUT2D eigenvalue weighted by atomic mass is 32.2. The summed E-state index contributed by atoms with van der Waals surface area (Å²) in [6.45, 7) is 10.0. The van der Waals surface area contributed by atoms with Crippen LogP contribution < -0.4 is 5.43 Å². The van der Waals surface area contributed by atoms with Crippen LogP contribution in [0.3, 0.4) is 0 Å². The van der Waals surface area contributed by atoms with E-state index in [1.54, 1.807) is 18.7 Å². The van der Waals surface area contributed by atoms with Gasteiger partial charge in [0.05, 0.1) is 23.6 Å². The largest absolute Gasteiger partial charge is 0.462 e. The van der Waals surface area contributed by atoms with Gasteiger partial charge < -0.3 is 9.72 Å². The molecule has 22 heavy (non-hydrogen) atoms. The second kappa shape index (κ2) is 7.00. The minimum Gasteiger partial charge on any atom is -0.462 e. The maximum absolute atomic E-state index is 12.0. The molecule has 1 aromatic rings. The number of aromatic amines is 1. The minimum absolute atomic E-state index is 0.233. The number of nitrogens with zero attached hydrogens (tertiary/aromatic N) is 2. The fourth-order valence-corrected chi connectivity index (χ4v) is 3.17. The molecule has 0 fully saturated rings. The van der Waals surface area contributed by atoms with E-state index in [0.717, 1.165) is 27.8 Å². The Bertz CT molecular complexity index is 632. The van der Waals surface area contributed by atoms with Crippen molar-refractivity contribution in [3.8, 4) is 0 Å². The minimum atomic E-state index is -0.293. The van der Waals surface area contributed by atoms with Crippen molar-refractivity contribution in [1.29, 1.82) is 0 Å².